The Kier molecular flexibility index (Phi) is 7.21. The highest BCUT2D eigenvalue weighted by atomic mass is 16.5. The van der Waals surface area contributed by atoms with Gasteiger partial charge in [0.1, 0.15) is 0 Å². The summed E-state index contributed by atoms with van der Waals surface area (Å²) in [5, 5.41) is 18.6. The average molecular weight is 378 g/mol. The maximum absolute atomic E-state index is 9.10. The number of nitrogens with zero attached hydrogens (tertiary/aromatic N) is 1. The number of ether oxygens (including phenoxy) is 1. The molecule has 1 aromatic carbocycles. The fourth-order valence-corrected chi connectivity index (χ4v) is 3.98. The quantitative estimate of drug-likeness (QED) is 0.695. The Balaban J connectivity index is 0.000000380. The molecule has 1 saturated carbocycles. The Morgan fingerprint density at radius 3 is 2.30 bits per heavy atom. The number of piperazine rings is 1. The molecule has 2 atom stereocenters. The summed E-state index contributed by atoms with van der Waals surface area (Å²) in [5.41, 5.74) is 2.79. The maximum Gasteiger partial charge on any atom is 0.414 e. The van der Waals surface area contributed by atoms with Crippen LogP contribution in [0, 0.1) is 0 Å². The van der Waals surface area contributed by atoms with Gasteiger partial charge in [-0.2, -0.15) is 0 Å². The van der Waals surface area contributed by atoms with Crippen molar-refractivity contribution in [2.75, 3.05) is 18.6 Å². The molecule has 1 aliphatic carbocycles. The van der Waals surface area contributed by atoms with Crippen molar-refractivity contribution in [3.8, 4) is 0 Å². The molecule has 1 saturated heterocycles. The predicted molar refractivity (Wildman–Crippen MR) is 103 cm³/mol. The first-order chi connectivity index (χ1) is 12.7. The van der Waals surface area contributed by atoms with E-state index in [9.17, 15) is 0 Å². The van der Waals surface area contributed by atoms with Gasteiger partial charge in [-0.3, -0.25) is 0 Å². The van der Waals surface area contributed by atoms with E-state index in [4.69, 9.17) is 24.5 Å². The molecule has 2 aliphatic rings. The molecule has 0 spiro atoms. The number of fused-ring (bicyclic) bond motifs is 1. The SMILES string of the molecule is COCc1ccc(N2CC(C)(C)N[C@@H]3CCCC[C@H]32)cc1.O=C(O)C(=O)O. The van der Waals surface area contributed by atoms with E-state index in [-0.39, 0.29) is 5.54 Å². The number of benzene rings is 1. The Labute approximate surface area is 160 Å². The number of hydrogen-bond acceptors (Lipinski definition) is 5. The highest BCUT2D eigenvalue weighted by molar-refractivity contribution is 6.27. The summed E-state index contributed by atoms with van der Waals surface area (Å²) in [4.78, 5) is 20.8. The zero-order valence-electron chi connectivity index (χ0n) is 16.3. The topological polar surface area (TPSA) is 99.1 Å². The minimum absolute atomic E-state index is 0.184. The molecule has 0 unspecified atom stereocenters. The van der Waals surface area contributed by atoms with Gasteiger partial charge in [-0.1, -0.05) is 25.0 Å². The summed E-state index contributed by atoms with van der Waals surface area (Å²) in [7, 11) is 1.75. The van der Waals surface area contributed by atoms with Crippen molar-refractivity contribution in [2.24, 2.45) is 0 Å². The lowest BCUT2D eigenvalue weighted by Gasteiger charge is -2.52. The second-order valence-electron chi connectivity index (χ2n) is 7.82. The Bertz CT molecular complexity index is 632. The van der Waals surface area contributed by atoms with Crippen LogP contribution in [0.15, 0.2) is 24.3 Å². The van der Waals surface area contributed by atoms with Gasteiger partial charge in [0.15, 0.2) is 0 Å². The Morgan fingerprint density at radius 2 is 1.74 bits per heavy atom. The molecule has 1 heterocycles. The van der Waals surface area contributed by atoms with E-state index < -0.39 is 11.9 Å². The number of carboxylic acid groups (broad SMARTS) is 2. The van der Waals surface area contributed by atoms with Crippen LogP contribution in [0.5, 0.6) is 0 Å². The number of anilines is 1. The minimum Gasteiger partial charge on any atom is -0.473 e. The Hall–Kier alpha value is -2.12. The monoisotopic (exact) mass is 378 g/mol. The molecule has 0 bridgehead atoms. The van der Waals surface area contributed by atoms with Gasteiger partial charge in [0.2, 0.25) is 0 Å². The number of hydrogen-bond donors (Lipinski definition) is 3. The van der Waals surface area contributed by atoms with E-state index in [1.807, 2.05) is 0 Å². The van der Waals surface area contributed by atoms with Gasteiger partial charge in [0.05, 0.1) is 6.61 Å². The zero-order chi connectivity index (χ0) is 20.0. The van der Waals surface area contributed by atoms with Gasteiger partial charge in [0, 0.05) is 37.0 Å². The van der Waals surface area contributed by atoms with Crippen molar-refractivity contribution in [1.82, 2.24) is 5.32 Å². The molecular weight excluding hydrogens is 348 g/mol. The third-order valence-electron chi connectivity index (χ3n) is 5.03. The Morgan fingerprint density at radius 1 is 1.15 bits per heavy atom. The van der Waals surface area contributed by atoms with Crippen LogP contribution < -0.4 is 10.2 Å². The molecule has 7 heteroatoms. The first kappa shape index (κ1) is 21.2. The molecule has 3 rings (SSSR count). The standard InChI is InChI=1S/C18H28N2O.C2H2O4/c1-18(2)13-20(17-7-5-4-6-16(17)19-18)15-10-8-14(9-11-15)12-21-3;3-1(4)2(5)6/h8-11,16-17,19H,4-7,12-13H2,1-3H3;(H,3,4)(H,5,6)/t16-,17-;/m1./s1. The minimum atomic E-state index is -1.82. The summed E-state index contributed by atoms with van der Waals surface area (Å²) in [6.07, 6.45) is 5.35. The van der Waals surface area contributed by atoms with Gasteiger partial charge >= 0.3 is 11.9 Å². The van der Waals surface area contributed by atoms with Crippen molar-refractivity contribution < 1.29 is 24.5 Å². The van der Waals surface area contributed by atoms with Crippen LogP contribution in [0.3, 0.4) is 0 Å². The fourth-order valence-electron chi connectivity index (χ4n) is 3.98. The van der Waals surface area contributed by atoms with Crippen LogP contribution in [-0.2, 0) is 20.9 Å². The summed E-state index contributed by atoms with van der Waals surface area (Å²) < 4.78 is 5.21. The number of aliphatic carboxylic acids is 2. The second-order valence-corrected chi connectivity index (χ2v) is 7.82. The van der Waals surface area contributed by atoms with Gasteiger partial charge in [-0.25, -0.2) is 9.59 Å². The van der Waals surface area contributed by atoms with E-state index in [1.54, 1.807) is 7.11 Å². The zero-order valence-corrected chi connectivity index (χ0v) is 16.3. The summed E-state index contributed by atoms with van der Waals surface area (Å²) >= 11 is 0. The van der Waals surface area contributed by atoms with E-state index in [2.05, 4.69) is 48.3 Å². The molecule has 0 aromatic heterocycles. The molecule has 1 aliphatic heterocycles. The third-order valence-corrected chi connectivity index (χ3v) is 5.03. The van der Waals surface area contributed by atoms with Gasteiger partial charge in [-0.15, -0.1) is 0 Å². The van der Waals surface area contributed by atoms with E-state index >= 15 is 0 Å². The molecule has 0 amide bonds. The molecule has 7 nitrogen and oxygen atoms in total. The average Bonchev–Trinajstić information content (AvgIpc) is 2.61. The van der Waals surface area contributed by atoms with Crippen LogP contribution in [0.2, 0.25) is 0 Å². The lowest BCUT2D eigenvalue weighted by Crippen LogP contribution is -2.67. The van der Waals surface area contributed by atoms with Crippen LogP contribution >= 0.6 is 0 Å². The number of rotatable bonds is 3. The molecule has 2 fully saturated rings. The number of carboxylic acids is 2. The van der Waals surface area contributed by atoms with E-state index in [1.165, 1.54) is 36.9 Å². The maximum atomic E-state index is 9.10. The predicted octanol–water partition coefficient (Wildman–Crippen LogP) is 2.49. The highest BCUT2D eigenvalue weighted by Gasteiger charge is 2.40. The largest absolute Gasteiger partial charge is 0.473 e. The lowest BCUT2D eigenvalue weighted by atomic mass is 9.83. The van der Waals surface area contributed by atoms with E-state index in [0.717, 1.165) is 6.54 Å². The first-order valence-electron chi connectivity index (χ1n) is 9.32. The second kappa shape index (κ2) is 9.19. The van der Waals surface area contributed by atoms with Crippen molar-refractivity contribution in [3.05, 3.63) is 29.8 Å². The highest BCUT2D eigenvalue weighted by Crippen LogP contribution is 2.33. The van der Waals surface area contributed by atoms with Crippen molar-refractivity contribution in [3.63, 3.8) is 0 Å². The van der Waals surface area contributed by atoms with Gasteiger partial charge in [-0.05, 0) is 44.4 Å². The van der Waals surface area contributed by atoms with Crippen LogP contribution in [0.4, 0.5) is 5.69 Å². The molecule has 1 aromatic rings. The molecule has 3 N–H and O–H groups in total. The third kappa shape index (κ3) is 5.94. The molecule has 150 valence electrons. The summed E-state index contributed by atoms with van der Waals surface area (Å²) in [5.74, 6) is -3.65. The fraction of sp³-hybridized carbons (Fsp3) is 0.600. The van der Waals surface area contributed by atoms with Gasteiger partial charge in [0.25, 0.3) is 0 Å². The molecule has 27 heavy (non-hydrogen) atoms. The normalized spacial score (nSPS) is 23.6. The smallest absolute Gasteiger partial charge is 0.414 e. The lowest BCUT2D eigenvalue weighted by molar-refractivity contribution is -0.159. The van der Waals surface area contributed by atoms with Gasteiger partial charge < -0.3 is 25.2 Å². The van der Waals surface area contributed by atoms with Crippen LogP contribution in [-0.4, -0.2) is 53.4 Å². The molecular formula is C20H30N2O5. The van der Waals surface area contributed by atoms with Crippen LogP contribution in [0.1, 0.15) is 45.1 Å². The van der Waals surface area contributed by atoms with Crippen molar-refractivity contribution in [2.45, 2.75) is 63.8 Å². The van der Waals surface area contributed by atoms with E-state index in [0.29, 0.717) is 18.7 Å². The number of nitrogens with one attached hydrogen (secondary N) is 1. The number of methoxy groups -OCH3 is 1. The molecule has 0 radical (unpaired) electrons. The van der Waals surface area contributed by atoms with Crippen LogP contribution in [0.25, 0.3) is 0 Å². The van der Waals surface area contributed by atoms with Crippen molar-refractivity contribution >= 4 is 17.6 Å². The summed E-state index contributed by atoms with van der Waals surface area (Å²) in [6.45, 7) is 6.42. The first-order valence-corrected chi connectivity index (χ1v) is 9.32. The summed E-state index contributed by atoms with van der Waals surface area (Å²) in [6, 6.07) is 10.2. The van der Waals surface area contributed by atoms with Crippen molar-refractivity contribution in [1.29, 1.82) is 0 Å². The number of carbonyl (C=O) groups is 2.